The highest BCUT2D eigenvalue weighted by Crippen LogP contribution is 2.22. The van der Waals surface area contributed by atoms with Gasteiger partial charge < -0.3 is 19.1 Å². The number of carbonyl (C=O) groups is 2. The first-order chi connectivity index (χ1) is 26.5. The maximum absolute atomic E-state index is 13.0. The second kappa shape index (κ2) is 38.7. The van der Waals surface area contributed by atoms with E-state index in [4.69, 9.17) is 14.2 Å². The molecule has 6 heteroatoms. The fraction of sp³-hybridized carbons (Fsp3) is 0.958. The van der Waals surface area contributed by atoms with E-state index in [-0.39, 0.29) is 23.8 Å². The summed E-state index contributed by atoms with van der Waals surface area (Å²) in [6.45, 7) is 14.5. The van der Waals surface area contributed by atoms with Gasteiger partial charge in [0.25, 0.3) is 0 Å². The molecule has 0 N–H and O–H groups in total. The van der Waals surface area contributed by atoms with E-state index in [0.29, 0.717) is 19.3 Å². The first kappa shape index (κ1) is 50.9. The van der Waals surface area contributed by atoms with E-state index in [0.717, 1.165) is 110 Å². The summed E-state index contributed by atoms with van der Waals surface area (Å²) in [5, 5.41) is 0. The van der Waals surface area contributed by atoms with Gasteiger partial charge in [0.15, 0.2) is 0 Å². The Balaban J connectivity index is 2.27. The highest BCUT2D eigenvalue weighted by atomic mass is 16.6. The Bertz CT molecular complexity index is 759. The Kier molecular flexibility index (Phi) is 36.5. The lowest BCUT2D eigenvalue weighted by atomic mass is 9.94. The fourth-order valence-corrected chi connectivity index (χ4v) is 7.80. The average Bonchev–Trinajstić information content (AvgIpc) is 4.01. The maximum Gasteiger partial charge on any atom is 0.308 e. The van der Waals surface area contributed by atoms with E-state index in [1.165, 1.54) is 128 Å². The van der Waals surface area contributed by atoms with Gasteiger partial charge in [-0.2, -0.15) is 0 Å². The molecule has 0 radical (unpaired) electrons. The van der Waals surface area contributed by atoms with Gasteiger partial charge in [-0.15, -0.1) is 0 Å². The van der Waals surface area contributed by atoms with Crippen LogP contribution in [0.1, 0.15) is 240 Å². The third-order valence-electron chi connectivity index (χ3n) is 11.7. The summed E-state index contributed by atoms with van der Waals surface area (Å²) in [7, 11) is 0. The molecule has 0 saturated carbocycles. The monoisotopic (exact) mass is 764 g/mol. The molecule has 1 saturated heterocycles. The lowest BCUT2D eigenvalue weighted by molar-refractivity contribution is -0.150. The van der Waals surface area contributed by atoms with Crippen LogP contribution in [-0.4, -0.2) is 62.4 Å². The van der Waals surface area contributed by atoms with Crippen molar-refractivity contribution in [1.82, 2.24) is 4.90 Å². The highest BCUT2D eigenvalue weighted by molar-refractivity contribution is 5.72. The van der Waals surface area contributed by atoms with Crippen molar-refractivity contribution in [2.45, 2.75) is 246 Å². The van der Waals surface area contributed by atoms with Crippen LogP contribution in [0, 0.1) is 11.8 Å². The number of rotatable bonds is 43. The predicted octanol–water partition coefficient (Wildman–Crippen LogP) is 14.0. The summed E-state index contributed by atoms with van der Waals surface area (Å²) in [6.07, 6.45) is 39.7. The molecular formula is C48H93NO5. The molecule has 0 aromatic rings. The van der Waals surface area contributed by atoms with Crippen LogP contribution in [0.2, 0.25) is 0 Å². The molecule has 1 aliphatic heterocycles. The third kappa shape index (κ3) is 32.0. The zero-order valence-electron chi connectivity index (χ0n) is 36.8. The molecule has 320 valence electrons. The number of epoxide rings is 1. The molecule has 0 bridgehead atoms. The summed E-state index contributed by atoms with van der Waals surface area (Å²) in [5.74, 6) is 0.336. The van der Waals surface area contributed by atoms with Crippen molar-refractivity contribution in [2.24, 2.45) is 11.8 Å². The van der Waals surface area contributed by atoms with Gasteiger partial charge in [-0.1, -0.05) is 182 Å². The van der Waals surface area contributed by atoms with Crippen molar-refractivity contribution in [2.75, 3.05) is 39.5 Å². The first-order valence-electron chi connectivity index (χ1n) is 24.2. The number of hydrogen-bond donors (Lipinski definition) is 0. The number of nitrogens with zero attached hydrogens (tertiary/aromatic N) is 1. The Hall–Kier alpha value is -1.14. The Labute approximate surface area is 336 Å². The van der Waals surface area contributed by atoms with Gasteiger partial charge in [0.2, 0.25) is 0 Å². The minimum absolute atomic E-state index is 0.0668. The number of esters is 2. The van der Waals surface area contributed by atoms with Gasteiger partial charge in [0, 0.05) is 6.54 Å². The van der Waals surface area contributed by atoms with E-state index in [9.17, 15) is 9.59 Å². The first-order valence-corrected chi connectivity index (χ1v) is 24.2. The summed E-state index contributed by atoms with van der Waals surface area (Å²) in [5.41, 5.74) is 0. The molecule has 1 heterocycles. The molecule has 0 amide bonds. The molecule has 3 unspecified atom stereocenters. The Morgan fingerprint density at radius 1 is 0.463 bits per heavy atom. The van der Waals surface area contributed by atoms with E-state index in [1.807, 2.05) is 0 Å². The van der Waals surface area contributed by atoms with Crippen LogP contribution >= 0.6 is 0 Å². The van der Waals surface area contributed by atoms with Crippen molar-refractivity contribution in [3.05, 3.63) is 0 Å². The van der Waals surface area contributed by atoms with Crippen LogP contribution in [-0.2, 0) is 23.8 Å². The molecule has 0 aromatic carbocycles. The van der Waals surface area contributed by atoms with Crippen LogP contribution in [0.15, 0.2) is 0 Å². The number of ether oxygens (including phenoxy) is 3. The summed E-state index contributed by atoms with van der Waals surface area (Å²) in [4.78, 5) is 28.6. The van der Waals surface area contributed by atoms with Crippen LogP contribution in [0.5, 0.6) is 0 Å². The molecular weight excluding hydrogens is 671 g/mol. The van der Waals surface area contributed by atoms with E-state index in [2.05, 4.69) is 32.6 Å². The summed E-state index contributed by atoms with van der Waals surface area (Å²) >= 11 is 0. The molecule has 6 nitrogen and oxygen atoms in total. The zero-order chi connectivity index (χ0) is 39.2. The van der Waals surface area contributed by atoms with E-state index < -0.39 is 0 Å². The van der Waals surface area contributed by atoms with Gasteiger partial charge in [0.1, 0.15) is 0 Å². The molecule has 0 aromatic heterocycles. The van der Waals surface area contributed by atoms with Crippen molar-refractivity contribution in [3.8, 4) is 0 Å². The SMILES string of the molecule is CCCCCCCCC(CCCCCC)C(=O)OCCCCCCN(CCCCCCOC(=O)C(CCCCCC)CCCCCCCC)CCC1CO1. The molecule has 54 heavy (non-hydrogen) atoms. The minimum atomic E-state index is 0.0668. The smallest absolute Gasteiger partial charge is 0.308 e. The number of hydrogen-bond acceptors (Lipinski definition) is 6. The van der Waals surface area contributed by atoms with Crippen LogP contribution < -0.4 is 0 Å². The molecule has 0 aliphatic carbocycles. The van der Waals surface area contributed by atoms with Crippen LogP contribution in [0.4, 0.5) is 0 Å². The lowest BCUT2D eigenvalue weighted by Gasteiger charge is -2.22. The van der Waals surface area contributed by atoms with Crippen molar-refractivity contribution in [3.63, 3.8) is 0 Å². The standard InChI is InChI=1S/C48H93NO5/c1-5-9-13-17-19-27-35-44(33-25-15-11-7-3)47(50)52-41-31-23-21-29-38-49(40-37-46-43-54-46)39-30-22-24-32-42-53-48(51)45(34-26-16-12-8-4)36-28-20-18-14-10-6-2/h44-46H,5-43H2,1-4H3. The second-order valence-electron chi connectivity index (χ2n) is 17.0. The van der Waals surface area contributed by atoms with Gasteiger partial charge in [-0.05, 0) is 70.9 Å². The molecule has 3 atom stereocenters. The third-order valence-corrected chi connectivity index (χ3v) is 11.7. The predicted molar refractivity (Wildman–Crippen MR) is 230 cm³/mol. The summed E-state index contributed by atoms with van der Waals surface area (Å²) < 4.78 is 17.2. The van der Waals surface area contributed by atoms with Crippen molar-refractivity contribution >= 4 is 11.9 Å². The number of carbonyl (C=O) groups excluding carboxylic acids is 2. The maximum atomic E-state index is 13.0. The largest absolute Gasteiger partial charge is 0.465 e. The average molecular weight is 764 g/mol. The lowest BCUT2D eigenvalue weighted by Crippen LogP contribution is -2.28. The van der Waals surface area contributed by atoms with Gasteiger partial charge in [0.05, 0.1) is 37.8 Å². The Morgan fingerprint density at radius 2 is 0.778 bits per heavy atom. The Morgan fingerprint density at radius 3 is 1.15 bits per heavy atom. The second-order valence-corrected chi connectivity index (χ2v) is 17.0. The summed E-state index contributed by atoms with van der Waals surface area (Å²) in [6, 6.07) is 0. The molecule has 1 rings (SSSR count). The van der Waals surface area contributed by atoms with Crippen molar-refractivity contribution in [1.29, 1.82) is 0 Å². The normalized spacial score (nSPS) is 15.1. The highest BCUT2D eigenvalue weighted by Gasteiger charge is 2.23. The molecule has 1 fully saturated rings. The van der Waals surface area contributed by atoms with E-state index in [1.54, 1.807) is 0 Å². The zero-order valence-corrected chi connectivity index (χ0v) is 36.8. The van der Waals surface area contributed by atoms with Gasteiger partial charge >= 0.3 is 11.9 Å². The topological polar surface area (TPSA) is 68.4 Å². The molecule has 1 aliphatic rings. The van der Waals surface area contributed by atoms with Crippen LogP contribution in [0.3, 0.4) is 0 Å². The van der Waals surface area contributed by atoms with Crippen LogP contribution in [0.25, 0.3) is 0 Å². The van der Waals surface area contributed by atoms with Gasteiger partial charge in [-0.3, -0.25) is 9.59 Å². The quantitative estimate of drug-likeness (QED) is 0.0350. The van der Waals surface area contributed by atoms with E-state index >= 15 is 0 Å². The van der Waals surface area contributed by atoms with Crippen molar-refractivity contribution < 1.29 is 23.8 Å². The molecule has 0 spiro atoms. The fourth-order valence-electron chi connectivity index (χ4n) is 7.80. The minimum Gasteiger partial charge on any atom is -0.465 e. The van der Waals surface area contributed by atoms with Gasteiger partial charge in [-0.25, -0.2) is 0 Å². The number of unbranched alkanes of at least 4 members (excludes halogenated alkanes) is 22.